The van der Waals surface area contributed by atoms with Crippen molar-refractivity contribution in [1.82, 2.24) is 10.2 Å². The van der Waals surface area contributed by atoms with Crippen LogP contribution in [0.3, 0.4) is 0 Å². The maximum atomic E-state index is 11.7. The van der Waals surface area contributed by atoms with Crippen LogP contribution in [0.2, 0.25) is 0 Å². The van der Waals surface area contributed by atoms with Gasteiger partial charge in [0.15, 0.2) is 0 Å². The molecule has 2 fully saturated rings. The SMILES string of the molecule is CCOCC(=O)N1CCC2NCCC2C1.Cl. The number of ether oxygens (including phenoxy) is 1. The number of likely N-dealkylation sites (tertiary alicyclic amines) is 1. The first kappa shape index (κ1) is 13.7. The second-order valence-electron chi connectivity index (χ2n) is 4.37. The van der Waals surface area contributed by atoms with Crippen LogP contribution in [0, 0.1) is 5.92 Å². The molecule has 2 atom stereocenters. The summed E-state index contributed by atoms with van der Waals surface area (Å²) in [6.07, 6.45) is 2.31. The van der Waals surface area contributed by atoms with Crippen LogP contribution in [-0.4, -0.2) is 49.7 Å². The number of amides is 1. The average Bonchev–Trinajstić information content (AvgIpc) is 2.72. The lowest BCUT2D eigenvalue weighted by molar-refractivity contribution is -0.137. The Morgan fingerprint density at radius 2 is 2.31 bits per heavy atom. The molecular formula is C11H21ClN2O2. The van der Waals surface area contributed by atoms with E-state index in [-0.39, 0.29) is 24.9 Å². The number of carbonyl (C=O) groups is 1. The Labute approximate surface area is 103 Å². The van der Waals surface area contributed by atoms with Gasteiger partial charge in [0.2, 0.25) is 5.91 Å². The Kier molecular flexibility index (Phi) is 5.52. The molecule has 1 amide bonds. The highest BCUT2D eigenvalue weighted by Gasteiger charge is 2.33. The Morgan fingerprint density at radius 3 is 3.06 bits per heavy atom. The van der Waals surface area contributed by atoms with Crippen molar-refractivity contribution in [1.29, 1.82) is 0 Å². The molecule has 0 aliphatic carbocycles. The molecule has 0 radical (unpaired) electrons. The van der Waals surface area contributed by atoms with Gasteiger partial charge in [0.25, 0.3) is 0 Å². The average molecular weight is 249 g/mol. The zero-order valence-electron chi connectivity index (χ0n) is 9.78. The third-order valence-corrected chi connectivity index (χ3v) is 3.44. The molecule has 5 heteroatoms. The van der Waals surface area contributed by atoms with Crippen LogP contribution in [-0.2, 0) is 9.53 Å². The lowest BCUT2D eigenvalue weighted by Crippen LogP contribution is -2.47. The van der Waals surface area contributed by atoms with Crippen molar-refractivity contribution in [2.75, 3.05) is 32.8 Å². The molecule has 94 valence electrons. The van der Waals surface area contributed by atoms with Gasteiger partial charge in [-0.05, 0) is 32.2 Å². The molecule has 16 heavy (non-hydrogen) atoms. The lowest BCUT2D eigenvalue weighted by Gasteiger charge is -2.34. The third-order valence-electron chi connectivity index (χ3n) is 3.44. The number of piperidine rings is 1. The number of carbonyl (C=O) groups excluding carboxylic acids is 1. The van der Waals surface area contributed by atoms with Crippen molar-refractivity contribution >= 4 is 18.3 Å². The zero-order valence-corrected chi connectivity index (χ0v) is 10.6. The van der Waals surface area contributed by atoms with Gasteiger partial charge in [0, 0.05) is 25.7 Å². The third kappa shape index (κ3) is 3.09. The quantitative estimate of drug-likeness (QED) is 0.798. The highest BCUT2D eigenvalue weighted by atomic mass is 35.5. The fraction of sp³-hybridized carbons (Fsp3) is 0.909. The van der Waals surface area contributed by atoms with Crippen LogP contribution < -0.4 is 5.32 Å². The highest BCUT2D eigenvalue weighted by Crippen LogP contribution is 2.24. The predicted molar refractivity (Wildman–Crippen MR) is 64.8 cm³/mol. The lowest BCUT2D eigenvalue weighted by atomic mass is 9.93. The number of hydrogen-bond donors (Lipinski definition) is 1. The van der Waals surface area contributed by atoms with Gasteiger partial charge in [0.1, 0.15) is 6.61 Å². The molecule has 2 rings (SSSR count). The van der Waals surface area contributed by atoms with E-state index in [2.05, 4.69) is 5.32 Å². The fourth-order valence-electron chi connectivity index (χ4n) is 2.55. The highest BCUT2D eigenvalue weighted by molar-refractivity contribution is 5.85. The Bertz CT molecular complexity index is 238. The van der Waals surface area contributed by atoms with Gasteiger partial charge in [-0.2, -0.15) is 0 Å². The minimum absolute atomic E-state index is 0. The zero-order chi connectivity index (χ0) is 10.7. The monoisotopic (exact) mass is 248 g/mol. The number of halogens is 1. The molecule has 0 aromatic carbocycles. The molecule has 0 saturated carbocycles. The van der Waals surface area contributed by atoms with Crippen molar-refractivity contribution < 1.29 is 9.53 Å². The van der Waals surface area contributed by atoms with Crippen molar-refractivity contribution in [2.24, 2.45) is 5.92 Å². The van der Waals surface area contributed by atoms with Crippen molar-refractivity contribution in [3.8, 4) is 0 Å². The molecule has 4 nitrogen and oxygen atoms in total. The van der Waals surface area contributed by atoms with Crippen LogP contribution >= 0.6 is 12.4 Å². The summed E-state index contributed by atoms with van der Waals surface area (Å²) < 4.78 is 5.15. The molecule has 1 N–H and O–H groups in total. The maximum Gasteiger partial charge on any atom is 0.248 e. The largest absolute Gasteiger partial charge is 0.372 e. The van der Waals surface area contributed by atoms with Crippen LogP contribution in [0.4, 0.5) is 0 Å². The first-order chi connectivity index (χ1) is 7.31. The summed E-state index contributed by atoms with van der Waals surface area (Å²) >= 11 is 0. The maximum absolute atomic E-state index is 11.7. The van der Waals surface area contributed by atoms with Gasteiger partial charge in [0.05, 0.1) is 0 Å². The van der Waals surface area contributed by atoms with E-state index in [1.54, 1.807) is 0 Å². The summed E-state index contributed by atoms with van der Waals surface area (Å²) in [7, 11) is 0. The molecular weight excluding hydrogens is 228 g/mol. The van der Waals surface area contributed by atoms with E-state index in [1.807, 2.05) is 11.8 Å². The Morgan fingerprint density at radius 1 is 1.50 bits per heavy atom. The van der Waals surface area contributed by atoms with E-state index < -0.39 is 0 Å². The summed E-state index contributed by atoms with van der Waals surface area (Å²) in [6.45, 7) is 5.71. The minimum atomic E-state index is 0. The molecule has 0 aromatic heterocycles. The van der Waals surface area contributed by atoms with Crippen LogP contribution in [0.1, 0.15) is 19.8 Å². The first-order valence-corrected chi connectivity index (χ1v) is 5.90. The summed E-state index contributed by atoms with van der Waals surface area (Å²) in [5, 5.41) is 3.49. The van der Waals surface area contributed by atoms with E-state index in [1.165, 1.54) is 6.42 Å². The topological polar surface area (TPSA) is 41.6 Å². The van der Waals surface area contributed by atoms with Gasteiger partial charge in [-0.1, -0.05) is 0 Å². The molecule has 2 aliphatic rings. The number of nitrogens with zero attached hydrogens (tertiary/aromatic N) is 1. The van der Waals surface area contributed by atoms with Crippen molar-refractivity contribution in [2.45, 2.75) is 25.8 Å². The minimum Gasteiger partial charge on any atom is -0.372 e. The Hall–Kier alpha value is -0.320. The predicted octanol–water partition coefficient (Wildman–Crippen LogP) is 0.655. The van der Waals surface area contributed by atoms with Gasteiger partial charge in [-0.3, -0.25) is 4.79 Å². The molecule has 2 aliphatic heterocycles. The number of hydrogen-bond acceptors (Lipinski definition) is 3. The molecule has 2 saturated heterocycles. The number of nitrogens with one attached hydrogen (secondary N) is 1. The summed E-state index contributed by atoms with van der Waals surface area (Å²) in [5.41, 5.74) is 0. The summed E-state index contributed by atoms with van der Waals surface area (Å²) in [5.74, 6) is 0.825. The first-order valence-electron chi connectivity index (χ1n) is 5.90. The van der Waals surface area contributed by atoms with Gasteiger partial charge in [-0.15, -0.1) is 12.4 Å². The normalized spacial score (nSPS) is 28.4. The van der Waals surface area contributed by atoms with Crippen LogP contribution in [0.25, 0.3) is 0 Å². The second kappa shape index (κ2) is 6.42. The fourth-order valence-corrected chi connectivity index (χ4v) is 2.55. The number of rotatable bonds is 3. The molecule has 0 bridgehead atoms. The van der Waals surface area contributed by atoms with E-state index in [0.717, 1.165) is 26.1 Å². The standard InChI is InChI=1S/C11H20N2O2.ClH/c1-2-15-8-11(14)13-6-4-10-9(7-13)3-5-12-10;/h9-10,12H,2-8H2,1H3;1H. The summed E-state index contributed by atoms with van der Waals surface area (Å²) in [6, 6.07) is 0.654. The summed E-state index contributed by atoms with van der Waals surface area (Å²) in [4.78, 5) is 13.7. The van der Waals surface area contributed by atoms with Gasteiger partial charge in [-0.25, -0.2) is 0 Å². The van der Waals surface area contributed by atoms with Crippen LogP contribution in [0.5, 0.6) is 0 Å². The van der Waals surface area contributed by atoms with Gasteiger partial charge < -0.3 is 15.0 Å². The smallest absolute Gasteiger partial charge is 0.248 e. The van der Waals surface area contributed by atoms with E-state index in [4.69, 9.17) is 4.74 Å². The van der Waals surface area contributed by atoms with E-state index >= 15 is 0 Å². The molecule has 2 heterocycles. The van der Waals surface area contributed by atoms with E-state index in [9.17, 15) is 4.79 Å². The number of fused-ring (bicyclic) bond motifs is 1. The van der Waals surface area contributed by atoms with Gasteiger partial charge >= 0.3 is 0 Å². The van der Waals surface area contributed by atoms with E-state index in [0.29, 0.717) is 18.6 Å². The molecule has 0 spiro atoms. The van der Waals surface area contributed by atoms with Crippen LogP contribution in [0.15, 0.2) is 0 Å². The second-order valence-corrected chi connectivity index (χ2v) is 4.37. The van der Waals surface area contributed by atoms with Crippen molar-refractivity contribution in [3.05, 3.63) is 0 Å². The molecule has 2 unspecified atom stereocenters. The molecule has 0 aromatic rings. The van der Waals surface area contributed by atoms with Crippen molar-refractivity contribution in [3.63, 3.8) is 0 Å². The Balaban J connectivity index is 0.00000128.